The Bertz CT molecular complexity index is 699. The van der Waals surface area contributed by atoms with Crippen LogP contribution in [-0.2, 0) is 6.54 Å². The van der Waals surface area contributed by atoms with Crippen molar-refractivity contribution in [3.8, 4) is 5.75 Å². The molecule has 4 heteroatoms. The first kappa shape index (κ1) is 17.0. The maximum absolute atomic E-state index is 12.7. The summed E-state index contributed by atoms with van der Waals surface area (Å²) in [6.45, 7) is 2.62. The van der Waals surface area contributed by atoms with Gasteiger partial charge >= 0.3 is 0 Å². The molecule has 2 aromatic carbocycles. The van der Waals surface area contributed by atoms with Gasteiger partial charge in [0.2, 0.25) is 0 Å². The van der Waals surface area contributed by atoms with Gasteiger partial charge in [0.25, 0.3) is 0 Å². The number of hydrogen-bond donors (Lipinski definition) is 0. The molecule has 1 heterocycles. The maximum Gasteiger partial charge on any atom is 0.167 e. The van der Waals surface area contributed by atoms with Crippen molar-refractivity contribution in [1.82, 2.24) is 4.90 Å². The number of para-hydroxylation sites is 1. The predicted octanol–water partition coefficient (Wildman–Crippen LogP) is 4.44. The van der Waals surface area contributed by atoms with Crippen molar-refractivity contribution < 1.29 is 9.53 Å². The molecule has 2 aromatic rings. The zero-order valence-corrected chi connectivity index (χ0v) is 14.6. The average molecular weight is 344 g/mol. The first-order valence-corrected chi connectivity index (χ1v) is 8.69. The van der Waals surface area contributed by atoms with E-state index in [1.54, 1.807) is 19.2 Å². The standard InChI is InChI=1S/C20H22ClNO2/c1-24-19-7-3-2-5-16(19)13-22-12-4-6-17(14-22)20(23)15-8-10-18(21)11-9-15/h2-3,5,7-11,17H,4,6,12-14H2,1H3. The lowest BCUT2D eigenvalue weighted by molar-refractivity contribution is 0.0811. The van der Waals surface area contributed by atoms with E-state index in [9.17, 15) is 4.79 Å². The smallest absolute Gasteiger partial charge is 0.167 e. The Kier molecular flexibility index (Phi) is 5.54. The summed E-state index contributed by atoms with van der Waals surface area (Å²) in [5.41, 5.74) is 1.92. The molecule has 0 saturated carbocycles. The molecule has 0 spiro atoms. The molecule has 126 valence electrons. The zero-order valence-electron chi connectivity index (χ0n) is 13.9. The fourth-order valence-electron chi connectivity index (χ4n) is 3.34. The van der Waals surface area contributed by atoms with Crippen LogP contribution in [0.1, 0.15) is 28.8 Å². The minimum atomic E-state index is 0.0506. The highest BCUT2D eigenvalue weighted by Crippen LogP contribution is 2.25. The first-order chi connectivity index (χ1) is 11.7. The highest BCUT2D eigenvalue weighted by atomic mass is 35.5. The van der Waals surface area contributed by atoms with Crippen LogP contribution in [-0.4, -0.2) is 30.9 Å². The van der Waals surface area contributed by atoms with Gasteiger partial charge in [0.15, 0.2) is 5.78 Å². The van der Waals surface area contributed by atoms with E-state index in [1.807, 2.05) is 30.3 Å². The number of benzene rings is 2. The van der Waals surface area contributed by atoms with Crippen LogP contribution < -0.4 is 4.74 Å². The first-order valence-electron chi connectivity index (χ1n) is 8.31. The maximum atomic E-state index is 12.7. The number of ketones is 1. The van der Waals surface area contributed by atoms with Crippen molar-refractivity contribution in [3.05, 3.63) is 64.7 Å². The Hall–Kier alpha value is -1.84. The van der Waals surface area contributed by atoms with Crippen LogP contribution in [0.3, 0.4) is 0 Å². The van der Waals surface area contributed by atoms with Crippen molar-refractivity contribution in [2.24, 2.45) is 5.92 Å². The number of methoxy groups -OCH3 is 1. The number of rotatable bonds is 5. The second-order valence-corrected chi connectivity index (χ2v) is 6.69. The molecule has 3 nitrogen and oxygen atoms in total. The minimum Gasteiger partial charge on any atom is -0.496 e. The number of ether oxygens (including phenoxy) is 1. The van der Waals surface area contributed by atoms with Crippen molar-refractivity contribution >= 4 is 17.4 Å². The second kappa shape index (κ2) is 7.82. The van der Waals surface area contributed by atoms with Crippen LogP contribution in [0.25, 0.3) is 0 Å². The summed E-state index contributed by atoms with van der Waals surface area (Å²) < 4.78 is 5.44. The summed E-state index contributed by atoms with van der Waals surface area (Å²) >= 11 is 5.91. The summed E-state index contributed by atoms with van der Waals surface area (Å²) in [5, 5.41) is 0.660. The molecule has 1 atom stereocenters. The Morgan fingerprint density at radius 1 is 1.21 bits per heavy atom. The fourth-order valence-corrected chi connectivity index (χ4v) is 3.46. The van der Waals surface area contributed by atoms with Crippen molar-refractivity contribution in [2.75, 3.05) is 20.2 Å². The van der Waals surface area contributed by atoms with Gasteiger partial charge in [-0.25, -0.2) is 0 Å². The van der Waals surface area contributed by atoms with Crippen LogP contribution in [0.2, 0.25) is 5.02 Å². The molecule has 0 N–H and O–H groups in total. The van der Waals surface area contributed by atoms with Gasteiger partial charge in [-0.1, -0.05) is 29.8 Å². The van der Waals surface area contributed by atoms with Crippen LogP contribution >= 0.6 is 11.6 Å². The van der Waals surface area contributed by atoms with Crippen LogP contribution in [0.4, 0.5) is 0 Å². The lowest BCUT2D eigenvalue weighted by atomic mass is 9.90. The van der Waals surface area contributed by atoms with E-state index in [0.29, 0.717) is 5.02 Å². The summed E-state index contributed by atoms with van der Waals surface area (Å²) in [4.78, 5) is 15.1. The number of carbonyl (C=O) groups is 1. The summed E-state index contributed by atoms with van der Waals surface area (Å²) in [6.07, 6.45) is 1.99. The van der Waals surface area contributed by atoms with Crippen molar-refractivity contribution in [1.29, 1.82) is 0 Å². The lowest BCUT2D eigenvalue weighted by Gasteiger charge is -2.32. The van der Waals surface area contributed by atoms with E-state index < -0.39 is 0 Å². The van der Waals surface area contributed by atoms with E-state index in [4.69, 9.17) is 16.3 Å². The van der Waals surface area contributed by atoms with Gasteiger partial charge in [0, 0.05) is 35.2 Å². The van der Waals surface area contributed by atoms with Gasteiger partial charge in [-0.2, -0.15) is 0 Å². The van der Waals surface area contributed by atoms with Gasteiger partial charge in [-0.15, -0.1) is 0 Å². The van der Waals surface area contributed by atoms with E-state index in [0.717, 1.165) is 43.8 Å². The number of Topliss-reactive ketones (excluding diaryl/α,β-unsaturated/α-hetero) is 1. The number of carbonyl (C=O) groups excluding carboxylic acids is 1. The quantitative estimate of drug-likeness (QED) is 0.751. The highest BCUT2D eigenvalue weighted by Gasteiger charge is 2.27. The average Bonchev–Trinajstić information content (AvgIpc) is 2.62. The molecule has 24 heavy (non-hydrogen) atoms. The van der Waals surface area contributed by atoms with Gasteiger partial charge in [0.05, 0.1) is 7.11 Å². The number of piperidine rings is 1. The van der Waals surface area contributed by atoms with Crippen molar-refractivity contribution in [3.63, 3.8) is 0 Å². The molecule has 0 aliphatic carbocycles. The molecule has 1 unspecified atom stereocenters. The number of hydrogen-bond acceptors (Lipinski definition) is 3. The van der Waals surface area contributed by atoms with E-state index in [1.165, 1.54) is 5.56 Å². The SMILES string of the molecule is COc1ccccc1CN1CCCC(C(=O)c2ccc(Cl)cc2)C1. The number of nitrogens with zero attached hydrogens (tertiary/aromatic N) is 1. The van der Waals surface area contributed by atoms with Gasteiger partial charge in [-0.3, -0.25) is 9.69 Å². The molecule has 0 radical (unpaired) electrons. The van der Waals surface area contributed by atoms with Gasteiger partial charge < -0.3 is 4.74 Å². The lowest BCUT2D eigenvalue weighted by Crippen LogP contribution is -2.38. The van der Waals surface area contributed by atoms with E-state index >= 15 is 0 Å². The Balaban J connectivity index is 1.68. The fraction of sp³-hybridized carbons (Fsp3) is 0.350. The third-order valence-corrected chi connectivity index (χ3v) is 4.84. The van der Waals surface area contributed by atoms with Crippen LogP contribution in [0, 0.1) is 5.92 Å². The third-order valence-electron chi connectivity index (χ3n) is 4.59. The highest BCUT2D eigenvalue weighted by molar-refractivity contribution is 6.30. The predicted molar refractivity (Wildman–Crippen MR) is 96.8 cm³/mol. The summed E-state index contributed by atoms with van der Waals surface area (Å²) in [7, 11) is 1.70. The van der Waals surface area contributed by atoms with Gasteiger partial charge in [-0.05, 0) is 49.7 Å². The topological polar surface area (TPSA) is 29.5 Å². The van der Waals surface area contributed by atoms with Crippen LogP contribution in [0.5, 0.6) is 5.75 Å². The Labute approximate surface area is 148 Å². The molecule has 1 aliphatic heterocycles. The second-order valence-electron chi connectivity index (χ2n) is 6.26. The molecule has 0 amide bonds. The molecular formula is C20H22ClNO2. The molecule has 1 fully saturated rings. The van der Waals surface area contributed by atoms with Crippen LogP contribution in [0.15, 0.2) is 48.5 Å². The molecule has 0 aromatic heterocycles. The van der Waals surface area contributed by atoms with Crippen molar-refractivity contribution in [2.45, 2.75) is 19.4 Å². The number of likely N-dealkylation sites (tertiary alicyclic amines) is 1. The molecule has 3 rings (SSSR count). The summed E-state index contributed by atoms with van der Waals surface area (Å²) in [6, 6.07) is 15.3. The van der Waals surface area contributed by atoms with E-state index in [-0.39, 0.29) is 11.7 Å². The normalized spacial score (nSPS) is 18.3. The molecule has 1 saturated heterocycles. The Morgan fingerprint density at radius 3 is 2.71 bits per heavy atom. The molecular weight excluding hydrogens is 322 g/mol. The Morgan fingerprint density at radius 2 is 1.96 bits per heavy atom. The monoisotopic (exact) mass is 343 g/mol. The molecule has 0 bridgehead atoms. The summed E-state index contributed by atoms with van der Waals surface area (Å²) in [5.74, 6) is 1.18. The number of halogens is 1. The third kappa shape index (κ3) is 3.97. The molecule has 1 aliphatic rings. The zero-order chi connectivity index (χ0) is 16.9. The van der Waals surface area contributed by atoms with E-state index in [2.05, 4.69) is 11.0 Å². The largest absolute Gasteiger partial charge is 0.496 e. The van der Waals surface area contributed by atoms with Gasteiger partial charge in [0.1, 0.15) is 5.75 Å². The minimum absolute atomic E-state index is 0.0506.